The van der Waals surface area contributed by atoms with E-state index in [4.69, 9.17) is 9.26 Å². The van der Waals surface area contributed by atoms with Crippen molar-refractivity contribution in [1.29, 1.82) is 0 Å². The maximum Gasteiger partial charge on any atom is 0.251 e. The first-order chi connectivity index (χ1) is 15.9. The number of likely N-dealkylation sites (tertiary alicyclic amines) is 1. The summed E-state index contributed by atoms with van der Waals surface area (Å²) in [5, 5.41) is 6.85. The zero-order chi connectivity index (χ0) is 23.4. The van der Waals surface area contributed by atoms with Crippen LogP contribution in [0.4, 0.5) is 0 Å². The number of aromatic nitrogens is 2. The quantitative estimate of drug-likeness (QED) is 0.620. The van der Waals surface area contributed by atoms with Crippen LogP contribution in [0.5, 0.6) is 5.75 Å². The first-order valence-corrected chi connectivity index (χ1v) is 11.1. The normalized spacial score (nSPS) is 14.2. The lowest BCUT2D eigenvalue weighted by atomic mass is 9.96. The van der Waals surface area contributed by atoms with Crippen LogP contribution in [0.25, 0.3) is 11.4 Å². The molecule has 0 unspecified atom stereocenters. The molecule has 2 aromatic carbocycles. The fourth-order valence-electron chi connectivity index (χ4n) is 3.91. The van der Waals surface area contributed by atoms with Gasteiger partial charge < -0.3 is 19.5 Å². The number of nitrogens with one attached hydrogen (secondary N) is 1. The number of methoxy groups -OCH3 is 1. The molecule has 172 valence electrons. The molecule has 0 atom stereocenters. The minimum atomic E-state index is -0.239. The van der Waals surface area contributed by atoms with Gasteiger partial charge in [0, 0.05) is 30.1 Å². The Morgan fingerprint density at radius 3 is 2.64 bits per heavy atom. The Morgan fingerprint density at radius 1 is 1.12 bits per heavy atom. The van der Waals surface area contributed by atoms with Gasteiger partial charge in [0.05, 0.1) is 13.7 Å². The largest absolute Gasteiger partial charge is 0.497 e. The highest BCUT2D eigenvalue weighted by molar-refractivity contribution is 5.96. The summed E-state index contributed by atoms with van der Waals surface area (Å²) in [5.41, 5.74) is 3.57. The summed E-state index contributed by atoms with van der Waals surface area (Å²) in [7, 11) is 1.62. The van der Waals surface area contributed by atoms with Gasteiger partial charge in [0.25, 0.3) is 5.91 Å². The SMILES string of the molecule is COc1cccc(-c2noc(C3CCN(C(=O)CNC(=O)c4ccc(C)c(C)c4)CC3)n2)c1. The highest BCUT2D eigenvalue weighted by Gasteiger charge is 2.28. The Morgan fingerprint density at radius 2 is 1.91 bits per heavy atom. The van der Waals surface area contributed by atoms with Crippen LogP contribution >= 0.6 is 0 Å². The van der Waals surface area contributed by atoms with Gasteiger partial charge in [-0.3, -0.25) is 9.59 Å². The second-order valence-electron chi connectivity index (χ2n) is 8.32. The number of rotatable bonds is 6. The average molecular weight is 449 g/mol. The molecule has 33 heavy (non-hydrogen) atoms. The predicted molar refractivity (Wildman–Crippen MR) is 123 cm³/mol. The van der Waals surface area contributed by atoms with Gasteiger partial charge in [-0.15, -0.1) is 0 Å². The van der Waals surface area contributed by atoms with Crippen LogP contribution in [0.2, 0.25) is 0 Å². The Labute approximate surface area is 192 Å². The molecule has 1 aromatic heterocycles. The topological polar surface area (TPSA) is 97.6 Å². The maximum atomic E-state index is 12.6. The van der Waals surface area contributed by atoms with Crippen LogP contribution < -0.4 is 10.1 Å². The molecule has 1 aliphatic rings. The molecule has 1 aliphatic heterocycles. The summed E-state index contributed by atoms with van der Waals surface area (Å²) in [4.78, 5) is 31.3. The Kier molecular flexibility index (Phi) is 6.72. The lowest BCUT2D eigenvalue weighted by Crippen LogP contribution is -2.43. The van der Waals surface area contributed by atoms with Crippen LogP contribution in [0.15, 0.2) is 47.0 Å². The molecule has 1 saturated heterocycles. The van der Waals surface area contributed by atoms with Crippen LogP contribution in [-0.4, -0.2) is 53.6 Å². The van der Waals surface area contributed by atoms with Crippen molar-refractivity contribution in [3.8, 4) is 17.1 Å². The van der Waals surface area contributed by atoms with Crippen LogP contribution in [0, 0.1) is 13.8 Å². The van der Waals surface area contributed by atoms with E-state index in [-0.39, 0.29) is 24.3 Å². The third kappa shape index (κ3) is 5.22. The molecule has 8 heteroatoms. The van der Waals surface area contributed by atoms with Crippen molar-refractivity contribution in [3.63, 3.8) is 0 Å². The van der Waals surface area contributed by atoms with Crippen molar-refractivity contribution in [2.45, 2.75) is 32.6 Å². The lowest BCUT2D eigenvalue weighted by molar-refractivity contribution is -0.131. The van der Waals surface area contributed by atoms with Crippen molar-refractivity contribution in [2.24, 2.45) is 0 Å². The second-order valence-corrected chi connectivity index (χ2v) is 8.32. The number of carbonyl (C=O) groups is 2. The molecule has 2 amide bonds. The van der Waals surface area contributed by atoms with Gasteiger partial charge >= 0.3 is 0 Å². The van der Waals surface area contributed by atoms with Crippen molar-refractivity contribution in [1.82, 2.24) is 20.4 Å². The molecule has 0 aliphatic carbocycles. The molecule has 0 bridgehead atoms. The Bertz CT molecular complexity index is 1150. The molecular formula is C25H28N4O4. The third-order valence-electron chi connectivity index (χ3n) is 6.14. The molecule has 0 saturated carbocycles. The van der Waals surface area contributed by atoms with E-state index in [1.54, 1.807) is 18.1 Å². The van der Waals surface area contributed by atoms with E-state index >= 15 is 0 Å². The monoisotopic (exact) mass is 448 g/mol. The predicted octanol–water partition coefficient (Wildman–Crippen LogP) is 3.50. The van der Waals surface area contributed by atoms with Crippen LogP contribution in [0.3, 0.4) is 0 Å². The number of hydrogen-bond donors (Lipinski definition) is 1. The molecular weight excluding hydrogens is 420 g/mol. The molecule has 8 nitrogen and oxygen atoms in total. The standard InChI is InChI=1S/C25H28N4O4/c1-16-7-8-20(13-17(16)2)24(31)26-15-22(30)29-11-9-18(10-12-29)25-27-23(28-33-25)19-5-4-6-21(14-19)32-3/h4-8,13-14,18H,9-12,15H2,1-3H3,(H,26,31). The third-order valence-corrected chi connectivity index (χ3v) is 6.14. The van der Waals surface area contributed by atoms with Gasteiger partial charge in [-0.2, -0.15) is 4.98 Å². The highest BCUT2D eigenvalue weighted by atomic mass is 16.5. The van der Waals surface area contributed by atoms with Crippen LogP contribution in [-0.2, 0) is 4.79 Å². The zero-order valence-electron chi connectivity index (χ0n) is 19.1. The van der Waals surface area contributed by atoms with E-state index in [9.17, 15) is 9.59 Å². The van der Waals surface area contributed by atoms with E-state index in [2.05, 4.69) is 15.5 Å². The fourth-order valence-corrected chi connectivity index (χ4v) is 3.91. The second kappa shape index (κ2) is 9.85. The number of carbonyl (C=O) groups excluding carboxylic acids is 2. The van der Waals surface area contributed by atoms with Crippen molar-refractivity contribution < 1.29 is 18.8 Å². The minimum absolute atomic E-state index is 0.0169. The Balaban J connectivity index is 1.29. The molecule has 1 N–H and O–H groups in total. The number of ether oxygens (including phenoxy) is 1. The van der Waals surface area contributed by atoms with Crippen molar-refractivity contribution >= 4 is 11.8 Å². The molecule has 1 fully saturated rings. The van der Waals surface area contributed by atoms with Gasteiger partial charge in [-0.1, -0.05) is 23.4 Å². The van der Waals surface area contributed by atoms with E-state index < -0.39 is 0 Å². The molecule has 4 rings (SSSR count). The van der Waals surface area contributed by atoms with E-state index in [1.165, 1.54) is 0 Å². The number of aryl methyl sites for hydroxylation is 2. The molecule has 3 aromatic rings. The first kappa shape index (κ1) is 22.5. The van der Waals surface area contributed by atoms with Crippen molar-refractivity contribution in [2.75, 3.05) is 26.7 Å². The summed E-state index contributed by atoms with van der Waals surface area (Å²) in [6.45, 7) is 5.11. The van der Waals surface area contributed by atoms with E-state index in [0.717, 1.165) is 35.3 Å². The van der Waals surface area contributed by atoms with Crippen molar-refractivity contribution in [3.05, 3.63) is 65.0 Å². The number of hydrogen-bond acceptors (Lipinski definition) is 6. The summed E-state index contributed by atoms with van der Waals surface area (Å²) >= 11 is 0. The number of nitrogens with zero attached hydrogens (tertiary/aromatic N) is 3. The van der Waals surface area contributed by atoms with E-state index in [1.807, 2.05) is 50.2 Å². The number of benzene rings is 2. The smallest absolute Gasteiger partial charge is 0.251 e. The first-order valence-electron chi connectivity index (χ1n) is 11.1. The Hall–Kier alpha value is -3.68. The highest BCUT2D eigenvalue weighted by Crippen LogP contribution is 2.29. The summed E-state index contributed by atoms with van der Waals surface area (Å²) in [6.07, 6.45) is 1.47. The van der Waals surface area contributed by atoms with Gasteiger partial charge in [0.2, 0.25) is 17.6 Å². The lowest BCUT2D eigenvalue weighted by Gasteiger charge is -2.30. The zero-order valence-corrected chi connectivity index (χ0v) is 19.1. The number of piperidine rings is 1. The van der Waals surface area contributed by atoms with Gasteiger partial charge in [0.1, 0.15) is 5.75 Å². The molecule has 2 heterocycles. The maximum absolute atomic E-state index is 12.6. The summed E-state index contributed by atoms with van der Waals surface area (Å²) < 4.78 is 10.8. The molecule has 0 spiro atoms. The van der Waals surface area contributed by atoms with Crippen LogP contribution in [0.1, 0.15) is 46.1 Å². The molecule has 0 radical (unpaired) electrons. The minimum Gasteiger partial charge on any atom is -0.497 e. The van der Waals surface area contributed by atoms with Gasteiger partial charge in [0.15, 0.2) is 0 Å². The number of amides is 2. The van der Waals surface area contributed by atoms with E-state index in [0.29, 0.717) is 30.4 Å². The fraction of sp³-hybridized carbons (Fsp3) is 0.360. The summed E-state index contributed by atoms with van der Waals surface area (Å²) in [5.74, 6) is 1.62. The van der Waals surface area contributed by atoms with Gasteiger partial charge in [-0.05, 0) is 62.1 Å². The summed E-state index contributed by atoms with van der Waals surface area (Å²) in [6, 6.07) is 13.0. The average Bonchev–Trinajstić information content (AvgIpc) is 3.34. The van der Waals surface area contributed by atoms with Gasteiger partial charge in [-0.25, -0.2) is 0 Å².